The Bertz CT molecular complexity index is 1140. The van der Waals surface area contributed by atoms with E-state index in [-0.39, 0.29) is 18.4 Å². The van der Waals surface area contributed by atoms with Crippen LogP contribution < -0.4 is 10.2 Å². The fourth-order valence-corrected chi connectivity index (χ4v) is 5.12. The van der Waals surface area contributed by atoms with Crippen molar-refractivity contribution in [2.24, 2.45) is 5.92 Å². The van der Waals surface area contributed by atoms with Crippen LogP contribution in [-0.2, 0) is 22.7 Å². The zero-order valence-electron chi connectivity index (χ0n) is 19.1. The SMILES string of the molecule is Cc1sc2ncnc(N3CCC(C(=O)NCc4ccc(COCC(F)(F)F)cc4)CC3)c2c1C. The average Bonchev–Trinajstić information content (AvgIpc) is 3.11. The molecule has 1 aromatic carbocycles. The van der Waals surface area contributed by atoms with Gasteiger partial charge in [-0.2, -0.15) is 13.2 Å². The highest BCUT2D eigenvalue weighted by Crippen LogP contribution is 2.35. The Balaban J connectivity index is 1.26. The van der Waals surface area contributed by atoms with E-state index >= 15 is 0 Å². The summed E-state index contributed by atoms with van der Waals surface area (Å²) in [6, 6.07) is 7.02. The van der Waals surface area contributed by atoms with E-state index in [1.165, 1.54) is 10.4 Å². The number of hydrogen-bond acceptors (Lipinski definition) is 6. The van der Waals surface area contributed by atoms with Crippen LogP contribution in [0.15, 0.2) is 30.6 Å². The smallest absolute Gasteiger partial charge is 0.367 e. The molecule has 0 atom stereocenters. The van der Waals surface area contributed by atoms with Crippen LogP contribution >= 0.6 is 11.3 Å². The third kappa shape index (κ3) is 5.85. The molecule has 4 rings (SSSR count). The molecule has 3 aromatic rings. The summed E-state index contributed by atoms with van der Waals surface area (Å²) in [7, 11) is 0. The number of carbonyl (C=O) groups excluding carboxylic acids is 1. The molecular weight excluding hydrogens is 465 g/mol. The van der Waals surface area contributed by atoms with Crippen molar-refractivity contribution < 1.29 is 22.7 Å². The zero-order valence-corrected chi connectivity index (χ0v) is 19.9. The number of aryl methyl sites for hydroxylation is 2. The molecule has 10 heteroatoms. The first kappa shape index (κ1) is 24.4. The number of thiophene rings is 1. The lowest BCUT2D eigenvalue weighted by atomic mass is 9.95. The van der Waals surface area contributed by atoms with E-state index in [4.69, 9.17) is 0 Å². The zero-order chi connectivity index (χ0) is 24.3. The minimum atomic E-state index is -4.33. The van der Waals surface area contributed by atoms with Crippen LogP contribution in [0.25, 0.3) is 10.2 Å². The number of nitrogens with zero attached hydrogens (tertiary/aromatic N) is 3. The molecule has 2 aromatic heterocycles. The van der Waals surface area contributed by atoms with Crippen molar-refractivity contribution in [3.05, 3.63) is 52.2 Å². The number of carbonyl (C=O) groups is 1. The third-order valence-electron chi connectivity index (χ3n) is 6.13. The van der Waals surface area contributed by atoms with Crippen LogP contribution in [-0.4, -0.2) is 41.7 Å². The minimum absolute atomic E-state index is 0.0210. The molecule has 1 aliphatic rings. The van der Waals surface area contributed by atoms with Gasteiger partial charge in [-0.25, -0.2) is 9.97 Å². The van der Waals surface area contributed by atoms with Gasteiger partial charge in [-0.05, 0) is 43.4 Å². The molecular formula is C24H27F3N4O2S. The highest BCUT2D eigenvalue weighted by Gasteiger charge is 2.28. The summed E-state index contributed by atoms with van der Waals surface area (Å²) in [5, 5.41) is 4.10. The van der Waals surface area contributed by atoms with E-state index in [1.807, 2.05) is 0 Å². The molecule has 34 heavy (non-hydrogen) atoms. The summed E-state index contributed by atoms with van der Waals surface area (Å²) in [5.74, 6) is 0.909. The molecule has 3 heterocycles. The maximum absolute atomic E-state index is 12.7. The van der Waals surface area contributed by atoms with Crippen molar-refractivity contribution in [1.82, 2.24) is 15.3 Å². The Morgan fingerprint density at radius 3 is 2.50 bits per heavy atom. The highest BCUT2D eigenvalue weighted by atomic mass is 32.1. The van der Waals surface area contributed by atoms with Crippen molar-refractivity contribution in [1.29, 1.82) is 0 Å². The number of piperidine rings is 1. The Labute approximate surface area is 200 Å². The normalized spacial score (nSPS) is 15.1. The molecule has 0 bridgehead atoms. The fraction of sp³-hybridized carbons (Fsp3) is 0.458. The Hall–Kier alpha value is -2.72. The van der Waals surface area contributed by atoms with Gasteiger partial charge >= 0.3 is 6.18 Å². The summed E-state index contributed by atoms with van der Waals surface area (Å²) >= 11 is 1.68. The summed E-state index contributed by atoms with van der Waals surface area (Å²) in [6.07, 6.45) is -1.23. The van der Waals surface area contributed by atoms with E-state index in [0.29, 0.717) is 12.1 Å². The third-order valence-corrected chi connectivity index (χ3v) is 7.25. The lowest BCUT2D eigenvalue weighted by Crippen LogP contribution is -2.40. The summed E-state index contributed by atoms with van der Waals surface area (Å²) in [5.41, 5.74) is 2.76. The number of amides is 1. The van der Waals surface area contributed by atoms with Crippen molar-refractivity contribution in [3.63, 3.8) is 0 Å². The summed E-state index contributed by atoms with van der Waals surface area (Å²) < 4.78 is 41.2. The number of fused-ring (bicyclic) bond motifs is 1. The molecule has 6 nitrogen and oxygen atoms in total. The van der Waals surface area contributed by atoms with E-state index in [1.54, 1.807) is 41.9 Å². The lowest BCUT2D eigenvalue weighted by Gasteiger charge is -2.32. The summed E-state index contributed by atoms with van der Waals surface area (Å²) in [6.45, 7) is 4.71. The molecule has 1 aliphatic heterocycles. The molecule has 0 spiro atoms. The first-order valence-corrected chi connectivity index (χ1v) is 12.0. The van der Waals surface area contributed by atoms with E-state index in [0.717, 1.165) is 47.5 Å². The van der Waals surface area contributed by atoms with Crippen molar-refractivity contribution in [2.45, 2.75) is 46.0 Å². The number of ether oxygens (including phenoxy) is 1. The maximum Gasteiger partial charge on any atom is 0.411 e. The summed E-state index contributed by atoms with van der Waals surface area (Å²) in [4.78, 5) is 26.1. The topological polar surface area (TPSA) is 67.4 Å². The predicted molar refractivity (Wildman–Crippen MR) is 126 cm³/mol. The van der Waals surface area contributed by atoms with Gasteiger partial charge in [0.1, 0.15) is 23.6 Å². The van der Waals surface area contributed by atoms with Crippen molar-refractivity contribution in [3.8, 4) is 0 Å². The van der Waals surface area contributed by atoms with Crippen molar-refractivity contribution >= 4 is 33.3 Å². The number of aromatic nitrogens is 2. The number of anilines is 1. The number of benzene rings is 1. The Kier molecular flexibility index (Phi) is 7.37. The predicted octanol–water partition coefficient (Wildman–Crippen LogP) is 4.92. The Morgan fingerprint density at radius 1 is 1.15 bits per heavy atom. The van der Waals surface area contributed by atoms with Gasteiger partial charge in [0.15, 0.2) is 0 Å². The average molecular weight is 493 g/mol. The van der Waals surface area contributed by atoms with E-state index in [2.05, 4.69) is 38.8 Å². The van der Waals surface area contributed by atoms with Crippen LogP contribution in [0.4, 0.5) is 19.0 Å². The number of alkyl halides is 3. The van der Waals surface area contributed by atoms with Gasteiger partial charge in [0.05, 0.1) is 12.0 Å². The first-order chi connectivity index (χ1) is 16.2. The van der Waals surface area contributed by atoms with E-state index < -0.39 is 12.8 Å². The number of halogens is 3. The second-order valence-corrected chi connectivity index (χ2v) is 9.77. The Morgan fingerprint density at radius 2 is 1.82 bits per heavy atom. The second kappa shape index (κ2) is 10.3. The molecule has 0 radical (unpaired) electrons. The van der Waals surface area contributed by atoms with Crippen molar-refractivity contribution in [2.75, 3.05) is 24.6 Å². The van der Waals surface area contributed by atoms with Crippen LogP contribution in [0.1, 0.15) is 34.4 Å². The molecule has 0 aliphatic carbocycles. The quantitative estimate of drug-likeness (QED) is 0.507. The molecule has 0 unspecified atom stereocenters. The van der Waals surface area contributed by atoms with Gasteiger partial charge in [-0.1, -0.05) is 24.3 Å². The van der Waals surface area contributed by atoms with Gasteiger partial charge in [-0.15, -0.1) is 11.3 Å². The van der Waals surface area contributed by atoms with E-state index in [9.17, 15) is 18.0 Å². The number of hydrogen-bond donors (Lipinski definition) is 1. The second-order valence-electron chi connectivity index (χ2n) is 8.56. The number of nitrogens with one attached hydrogen (secondary N) is 1. The van der Waals surface area contributed by atoms with Gasteiger partial charge in [-0.3, -0.25) is 4.79 Å². The number of rotatable bonds is 7. The highest BCUT2D eigenvalue weighted by molar-refractivity contribution is 7.18. The molecule has 0 saturated carbocycles. The minimum Gasteiger partial charge on any atom is -0.367 e. The molecule has 1 fully saturated rings. The van der Waals surface area contributed by atoms with Gasteiger partial charge in [0, 0.05) is 30.4 Å². The lowest BCUT2D eigenvalue weighted by molar-refractivity contribution is -0.176. The molecule has 182 valence electrons. The fourth-order valence-electron chi connectivity index (χ4n) is 4.13. The molecule has 1 N–H and O–H groups in total. The van der Waals surface area contributed by atoms with Gasteiger partial charge in [0.25, 0.3) is 0 Å². The largest absolute Gasteiger partial charge is 0.411 e. The van der Waals surface area contributed by atoms with Crippen LogP contribution in [0, 0.1) is 19.8 Å². The molecule has 1 saturated heterocycles. The van der Waals surface area contributed by atoms with Gasteiger partial charge in [0.2, 0.25) is 5.91 Å². The monoisotopic (exact) mass is 492 g/mol. The van der Waals surface area contributed by atoms with Gasteiger partial charge < -0.3 is 15.0 Å². The molecule has 1 amide bonds. The van der Waals surface area contributed by atoms with Crippen LogP contribution in [0.2, 0.25) is 0 Å². The first-order valence-electron chi connectivity index (χ1n) is 11.2. The standard InChI is InChI=1S/C24H27F3N4O2S/c1-15-16(2)34-23-20(15)21(29-14-30-23)31-9-7-19(8-10-31)22(32)28-11-17-3-5-18(6-4-17)12-33-13-24(25,26)27/h3-6,14,19H,7-13H2,1-2H3,(H,28,32). The maximum atomic E-state index is 12.7. The van der Waals surface area contributed by atoms with Crippen LogP contribution in [0.5, 0.6) is 0 Å². The van der Waals surface area contributed by atoms with Crippen LogP contribution in [0.3, 0.4) is 0 Å².